The summed E-state index contributed by atoms with van der Waals surface area (Å²) in [5.41, 5.74) is 0. The molecule has 1 saturated heterocycles. The summed E-state index contributed by atoms with van der Waals surface area (Å²) in [5.74, 6) is 0.891. The van der Waals surface area contributed by atoms with Gasteiger partial charge in [-0.1, -0.05) is 24.3 Å². The molecule has 17 heavy (non-hydrogen) atoms. The van der Waals surface area contributed by atoms with E-state index in [2.05, 4.69) is 21.2 Å². The number of hydrogen-bond acceptors (Lipinski definition) is 4. The first-order chi connectivity index (χ1) is 8.34. The van der Waals surface area contributed by atoms with Crippen LogP contribution in [0.25, 0.3) is 10.8 Å². The fourth-order valence-corrected chi connectivity index (χ4v) is 2.39. The number of rotatable bonds is 1. The van der Waals surface area contributed by atoms with Gasteiger partial charge in [0.2, 0.25) is 0 Å². The molecule has 1 aliphatic rings. The second kappa shape index (κ2) is 4.30. The lowest BCUT2D eigenvalue weighted by atomic mass is 10.1. The molecular weight excluding hydrogens is 214 g/mol. The number of anilines is 1. The number of aliphatic hydroxyl groups is 1. The number of β-amino-alcohol motifs (C(OH)–C–C–N with tert-alkyl or cyclic N) is 1. The van der Waals surface area contributed by atoms with Gasteiger partial charge < -0.3 is 10.0 Å². The van der Waals surface area contributed by atoms with E-state index in [9.17, 15) is 5.11 Å². The van der Waals surface area contributed by atoms with E-state index in [1.807, 2.05) is 18.2 Å². The maximum absolute atomic E-state index is 9.72. The summed E-state index contributed by atoms with van der Waals surface area (Å²) in [6, 6.07) is 8.10. The number of fused-ring (bicyclic) bond motifs is 1. The van der Waals surface area contributed by atoms with Crippen LogP contribution in [0.3, 0.4) is 0 Å². The van der Waals surface area contributed by atoms with Gasteiger partial charge in [-0.25, -0.2) is 0 Å². The van der Waals surface area contributed by atoms with Crippen molar-refractivity contribution in [3.63, 3.8) is 0 Å². The van der Waals surface area contributed by atoms with Crippen molar-refractivity contribution in [1.82, 2.24) is 10.2 Å². The van der Waals surface area contributed by atoms with Gasteiger partial charge in [0.05, 0.1) is 12.3 Å². The minimum atomic E-state index is -0.246. The first-order valence-electron chi connectivity index (χ1n) is 5.98. The Labute approximate surface area is 99.9 Å². The van der Waals surface area contributed by atoms with Crippen molar-refractivity contribution in [1.29, 1.82) is 0 Å². The zero-order chi connectivity index (χ0) is 11.7. The van der Waals surface area contributed by atoms with Crippen LogP contribution in [0.2, 0.25) is 0 Å². The van der Waals surface area contributed by atoms with Crippen molar-refractivity contribution in [2.75, 3.05) is 18.0 Å². The number of piperidine rings is 1. The summed E-state index contributed by atoms with van der Waals surface area (Å²) in [6.07, 6.45) is 3.42. The molecule has 0 saturated carbocycles. The van der Waals surface area contributed by atoms with E-state index in [-0.39, 0.29) is 6.10 Å². The zero-order valence-corrected chi connectivity index (χ0v) is 9.58. The summed E-state index contributed by atoms with van der Waals surface area (Å²) in [6.45, 7) is 1.60. The normalized spacial score (nSPS) is 20.8. The molecule has 1 fully saturated rings. The lowest BCUT2D eigenvalue weighted by molar-refractivity contribution is 0.154. The van der Waals surface area contributed by atoms with Crippen molar-refractivity contribution in [2.24, 2.45) is 0 Å². The van der Waals surface area contributed by atoms with Crippen molar-refractivity contribution in [2.45, 2.75) is 18.9 Å². The molecule has 4 heteroatoms. The summed E-state index contributed by atoms with van der Waals surface area (Å²) >= 11 is 0. The Morgan fingerprint density at radius 1 is 1.29 bits per heavy atom. The van der Waals surface area contributed by atoms with Crippen LogP contribution < -0.4 is 4.90 Å². The Bertz CT molecular complexity index is 524. The monoisotopic (exact) mass is 229 g/mol. The average Bonchev–Trinajstić information content (AvgIpc) is 2.38. The minimum absolute atomic E-state index is 0.246. The van der Waals surface area contributed by atoms with Crippen molar-refractivity contribution >= 4 is 16.6 Å². The van der Waals surface area contributed by atoms with Crippen molar-refractivity contribution in [3.8, 4) is 0 Å². The Balaban J connectivity index is 2.04. The number of nitrogens with zero attached hydrogens (tertiary/aromatic N) is 3. The summed E-state index contributed by atoms with van der Waals surface area (Å²) in [7, 11) is 0. The highest BCUT2D eigenvalue weighted by molar-refractivity contribution is 5.91. The lowest BCUT2D eigenvalue weighted by Gasteiger charge is -2.31. The first-order valence-corrected chi connectivity index (χ1v) is 5.98. The molecule has 1 aromatic heterocycles. The Hall–Kier alpha value is -1.68. The van der Waals surface area contributed by atoms with Crippen LogP contribution in [0.4, 0.5) is 5.82 Å². The molecule has 4 nitrogen and oxygen atoms in total. The predicted octanol–water partition coefficient (Wildman–Crippen LogP) is 1.59. The van der Waals surface area contributed by atoms with Gasteiger partial charge in [0.15, 0.2) is 5.82 Å². The molecule has 0 amide bonds. The quantitative estimate of drug-likeness (QED) is 0.806. The van der Waals surface area contributed by atoms with E-state index in [1.54, 1.807) is 6.20 Å². The van der Waals surface area contributed by atoms with Gasteiger partial charge in [0.25, 0.3) is 0 Å². The number of hydrogen-bond donors (Lipinski definition) is 1. The van der Waals surface area contributed by atoms with Crippen LogP contribution >= 0.6 is 0 Å². The summed E-state index contributed by atoms with van der Waals surface area (Å²) in [5, 5.41) is 20.2. The molecular formula is C13H15N3O. The minimum Gasteiger partial charge on any atom is -0.391 e. The van der Waals surface area contributed by atoms with Crippen LogP contribution in [-0.4, -0.2) is 34.5 Å². The van der Waals surface area contributed by atoms with Crippen LogP contribution in [0, 0.1) is 0 Å². The van der Waals surface area contributed by atoms with E-state index in [0.29, 0.717) is 6.54 Å². The molecule has 0 radical (unpaired) electrons. The first kappa shape index (κ1) is 10.5. The molecule has 88 valence electrons. The standard InChI is InChI=1S/C13H15N3O/c17-11-5-3-7-16(9-11)13-12-6-2-1-4-10(12)8-14-15-13/h1-2,4,6,8,11,17H,3,5,7,9H2/t11-/m0/s1. The molecule has 1 aliphatic heterocycles. The fraction of sp³-hybridized carbons (Fsp3) is 0.385. The fourth-order valence-electron chi connectivity index (χ4n) is 2.39. The van der Waals surface area contributed by atoms with Gasteiger partial charge in [-0.15, -0.1) is 5.10 Å². The van der Waals surface area contributed by atoms with Gasteiger partial charge in [-0.2, -0.15) is 5.10 Å². The van der Waals surface area contributed by atoms with Gasteiger partial charge in [-0.3, -0.25) is 0 Å². The molecule has 1 aromatic carbocycles. The Morgan fingerprint density at radius 3 is 3.06 bits per heavy atom. The average molecular weight is 229 g/mol. The largest absolute Gasteiger partial charge is 0.391 e. The van der Waals surface area contributed by atoms with Crippen LogP contribution in [0.15, 0.2) is 30.5 Å². The van der Waals surface area contributed by atoms with Gasteiger partial charge >= 0.3 is 0 Å². The van der Waals surface area contributed by atoms with E-state index < -0.39 is 0 Å². The molecule has 3 rings (SSSR count). The highest BCUT2D eigenvalue weighted by Crippen LogP contribution is 2.25. The Morgan fingerprint density at radius 2 is 2.18 bits per heavy atom. The maximum Gasteiger partial charge on any atom is 0.159 e. The van der Waals surface area contributed by atoms with Gasteiger partial charge in [0.1, 0.15) is 0 Å². The second-order valence-corrected chi connectivity index (χ2v) is 4.50. The van der Waals surface area contributed by atoms with E-state index >= 15 is 0 Å². The van der Waals surface area contributed by atoms with Crippen molar-refractivity contribution in [3.05, 3.63) is 30.5 Å². The van der Waals surface area contributed by atoms with Crippen LogP contribution in [-0.2, 0) is 0 Å². The highest BCUT2D eigenvalue weighted by atomic mass is 16.3. The summed E-state index contributed by atoms with van der Waals surface area (Å²) < 4.78 is 0. The maximum atomic E-state index is 9.72. The molecule has 0 aliphatic carbocycles. The smallest absolute Gasteiger partial charge is 0.159 e. The third-order valence-electron chi connectivity index (χ3n) is 3.25. The molecule has 0 bridgehead atoms. The zero-order valence-electron chi connectivity index (χ0n) is 9.58. The summed E-state index contributed by atoms with van der Waals surface area (Å²) in [4.78, 5) is 2.13. The number of aromatic nitrogens is 2. The second-order valence-electron chi connectivity index (χ2n) is 4.50. The SMILES string of the molecule is O[C@H]1CCCN(c2nncc3ccccc23)C1. The molecule has 1 N–H and O–H groups in total. The van der Waals surface area contributed by atoms with Crippen LogP contribution in [0.1, 0.15) is 12.8 Å². The number of aliphatic hydroxyl groups excluding tert-OH is 1. The molecule has 0 spiro atoms. The van der Waals surface area contributed by atoms with E-state index in [0.717, 1.165) is 36.0 Å². The van der Waals surface area contributed by atoms with E-state index in [4.69, 9.17) is 0 Å². The van der Waals surface area contributed by atoms with E-state index in [1.165, 1.54) is 0 Å². The predicted molar refractivity (Wildman–Crippen MR) is 67.0 cm³/mol. The van der Waals surface area contributed by atoms with Gasteiger partial charge in [-0.05, 0) is 12.8 Å². The lowest BCUT2D eigenvalue weighted by Crippen LogP contribution is -2.38. The molecule has 1 atom stereocenters. The third-order valence-corrected chi connectivity index (χ3v) is 3.25. The molecule has 0 unspecified atom stereocenters. The molecule has 2 heterocycles. The van der Waals surface area contributed by atoms with Crippen molar-refractivity contribution < 1.29 is 5.11 Å². The topological polar surface area (TPSA) is 49.2 Å². The number of benzene rings is 1. The highest BCUT2D eigenvalue weighted by Gasteiger charge is 2.20. The third kappa shape index (κ3) is 1.96. The molecule has 2 aromatic rings. The Kier molecular flexibility index (Phi) is 2.65. The van der Waals surface area contributed by atoms with Crippen LogP contribution in [0.5, 0.6) is 0 Å². The van der Waals surface area contributed by atoms with Gasteiger partial charge in [0, 0.05) is 23.9 Å².